The van der Waals surface area contributed by atoms with E-state index in [-0.39, 0.29) is 23.9 Å². The summed E-state index contributed by atoms with van der Waals surface area (Å²) >= 11 is 0. The number of esters is 1. The van der Waals surface area contributed by atoms with Gasteiger partial charge in [-0.15, -0.1) is 0 Å². The van der Waals surface area contributed by atoms with Crippen molar-refractivity contribution in [1.29, 1.82) is 0 Å². The quantitative estimate of drug-likeness (QED) is 0.794. The van der Waals surface area contributed by atoms with Crippen molar-refractivity contribution < 1.29 is 19.1 Å². The minimum Gasteiger partial charge on any atom is -0.454 e. The molecule has 2 heterocycles. The van der Waals surface area contributed by atoms with E-state index in [0.29, 0.717) is 30.5 Å². The minimum atomic E-state index is -0.372. The van der Waals surface area contributed by atoms with Gasteiger partial charge in [-0.2, -0.15) is 0 Å². The molecule has 0 saturated carbocycles. The Balaban J connectivity index is 1.40. The molecular weight excluding hydrogens is 368 g/mol. The van der Waals surface area contributed by atoms with Crippen LogP contribution in [0.2, 0.25) is 0 Å². The number of likely N-dealkylation sites (tertiary alicyclic amines) is 1. The van der Waals surface area contributed by atoms with Gasteiger partial charge < -0.3 is 15.0 Å². The third kappa shape index (κ3) is 4.31. The number of carbonyl (C=O) groups excluding carboxylic acids is 3. The summed E-state index contributed by atoms with van der Waals surface area (Å²) in [5, 5.41) is 2.81. The Kier molecular flexibility index (Phi) is 5.60. The summed E-state index contributed by atoms with van der Waals surface area (Å²) in [6.07, 6.45) is 2.59. The number of carbonyl (C=O) groups is 3. The van der Waals surface area contributed by atoms with Crippen molar-refractivity contribution in [2.45, 2.75) is 31.8 Å². The largest absolute Gasteiger partial charge is 0.454 e. The topological polar surface area (TPSA) is 75.7 Å². The van der Waals surface area contributed by atoms with Crippen LogP contribution in [-0.2, 0) is 16.0 Å². The van der Waals surface area contributed by atoms with Gasteiger partial charge in [0.1, 0.15) is 6.10 Å². The van der Waals surface area contributed by atoms with Crippen molar-refractivity contribution in [2.75, 3.05) is 19.6 Å². The lowest BCUT2D eigenvalue weighted by Gasteiger charge is -2.25. The van der Waals surface area contributed by atoms with Gasteiger partial charge in [0.25, 0.3) is 5.91 Å². The summed E-state index contributed by atoms with van der Waals surface area (Å²) in [5.41, 5.74) is 2.72. The number of nitrogens with zero attached hydrogens (tertiary/aromatic N) is 1. The monoisotopic (exact) mass is 392 g/mol. The predicted octanol–water partition coefficient (Wildman–Crippen LogP) is 2.88. The highest BCUT2D eigenvalue weighted by Gasteiger charge is 2.28. The number of hydrogen-bond donors (Lipinski definition) is 1. The summed E-state index contributed by atoms with van der Waals surface area (Å²) < 4.78 is 5.56. The molecule has 2 amide bonds. The third-order valence-electron chi connectivity index (χ3n) is 5.50. The molecule has 4 rings (SSSR count). The van der Waals surface area contributed by atoms with E-state index in [0.717, 1.165) is 37.1 Å². The van der Waals surface area contributed by atoms with Crippen molar-refractivity contribution in [2.24, 2.45) is 0 Å². The lowest BCUT2D eigenvalue weighted by Crippen LogP contribution is -2.32. The van der Waals surface area contributed by atoms with E-state index < -0.39 is 0 Å². The maximum atomic E-state index is 12.5. The van der Waals surface area contributed by atoms with Gasteiger partial charge in [-0.25, -0.2) is 4.79 Å². The fourth-order valence-corrected chi connectivity index (χ4v) is 3.90. The average Bonchev–Trinajstić information content (AvgIpc) is 3.29. The Morgan fingerprint density at radius 1 is 1.07 bits per heavy atom. The van der Waals surface area contributed by atoms with Crippen LogP contribution in [0.1, 0.15) is 57.2 Å². The van der Waals surface area contributed by atoms with E-state index in [9.17, 15) is 14.4 Å². The van der Waals surface area contributed by atoms with Crippen molar-refractivity contribution in [3.05, 3.63) is 70.8 Å². The molecule has 150 valence electrons. The van der Waals surface area contributed by atoms with Crippen LogP contribution in [0.5, 0.6) is 0 Å². The van der Waals surface area contributed by atoms with E-state index in [4.69, 9.17) is 4.74 Å². The number of benzene rings is 2. The van der Waals surface area contributed by atoms with Crippen LogP contribution in [0, 0.1) is 0 Å². The van der Waals surface area contributed by atoms with Gasteiger partial charge >= 0.3 is 5.97 Å². The summed E-state index contributed by atoms with van der Waals surface area (Å²) in [7, 11) is 0. The number of fused-ring (bicyclic) bond motifs is 1. The summed E-state index contributed by atoms with van der Waals surface area (Å²) in [4.78, 5) is 38.8. The van der Waals surface area contributed by atoms with Crippen LogP contribution in [0.15, 0.2) is 48.5 Å². The maximum Gasteiger partial charge on any atom is 0.339 e. The maximum absolute atomic E-state index is 12.5. The summed E-state index contributed by atoms with van der Waals surface area (Å²) in [6.45, 7) is 1.94. The Hall–Kier alpha value is -3.15. The number of ether oxygens (including phenoxy) is 1. The highest BCUT2D eigenvalue weighted by atomic mass is 16.5. The predicted molar refractivity (Wildman–Crippen MR) is 108 cm³/mol. The normalized spacial score (nSPS) is 18.1. The molecule has 0 unspecified atom stereocenters. The SMILES string of the molecule is O=C(NCCC(=O)N1CCCC1)c1ccc2c(c1)C[C@@H](c1ccccc1)OC2=O. The molecule has 2 aromatic rings. The average molecular weight is 392 g/mol. The highest BCUT2D eigenvalue weighted by molar-refractivity contribution is 5.98. The van der Waals surface area contributed by atoms with Gasteiger partial charge in [0.2, 0.25) is 5.91 Å². The fraction of sp³-hybridized carbons (Fsp3) is 0.348. The summed E-state index contributed by atoms with van der Waals surface area (Å²) in [5.74, 6) is -0.526. The van der Waals surface area contributed by atoms with Gasteiger partial charge in [0.05, 0.1) is 5.56 Å². The molecule has 2 aromatic carbocycles. The Morgan fingerprint density at radius 2 is 1.83 bits per heavy atom. The second-order valence-corrected chi connectivity index (χ2v) is 7.47. The molecular formula is C23H24N2O4. The first-order valence-corrected chi connectivity index (χ1v) is 10.1. The van der Waals surface area contributed by atoms with Gasteiger partial charge in [0, 0.05) is 38.0 Å². The Labute approximate surface area is 169 Å². The Bertz CT molecular complexity index is 920. The van der Waals surface area contributed by atoms with E-state index in [1.54, 1.807) is 18.2 Å². The first-order valence-electron chi connectivity index (χ1n) is 10.1. The van der Waals surface area contributed by atoms with Crippen molar-refractivity contribution >= 4 is 17.8 Å². The van der Waals surface area contributed by atoms with Crippen LogP contribution < -0.4 is 5.32 Å². The number of amides is 2. The molecule has 1 N–H and O–H groups in total. The van der Waals surface area contributed by atoms with Crippen LogP contribution in [0.4, 0.5) is 0 Å². The van der Waals surface area contributed by atoms with Crippen molar-refractivity contribution in [1.82, 2.24) is 10.2 Å². The van der Waals surface area contributed by atoms with Crippen LogP contribution in [0.25, 0.3) is 0 Å². The van der Waals surface area contributed by atoms with E-state index in [2.05, 4.69) is 5.32 Å². The molecule has 0 bridgehead atoms. The van der Waals surface area contributed by atoms with Crippen LogP contribution >= 0.6 is 0 Å². The van der Waals surface area contributed by atoms with E-state index in [1.165, 1.54) is 0 Å². The zero-order valence-electron chi connectivity index (χ0n) is 16.2. The van der Waals surface area contributed by atoms with Crippen LogP contribution in [-0.4, -0.2) is 42.3 Å². The van der Waals surface area contributed by atoms with Gasteiger partial charge in [-0.1, -0.05) is 30.3 Å². The zero-order valence-corrected chi connectivity index (χ0v) is 16.2. The van der Waals surface area contributed by atoms with Gasteiger partial charge in [-0.3, -0.25) is 9.59 Å². The minimum absolute atomic E-state index is 0.0849. The number of cyclic esters (lactones) is 1. The molecule has 0 aromatic heterocycles. The van der Waals surface area contributed by atoms with Crippen molar-refractivity contribution in [3.8, 4) is 0 Å². The van der Waals surface area contributed by atoms with Crippen LogP contribution in [0.3, 0.4) is 0 Å². The second-order valence-electron chi connectivity index (χ2n) is 7.47. The molecule has 6 nitrogen and oxygen atoms in total. The fourth-order valence-electron chi connectivity index (χ4n) is 3.90. The standard InChI is InChI=1S/C23H24N2O4/c26-21(25-12-4-5-13-25)10-11-24-22(27)17-8-9-19-18(14-17)15-20(29-23(19)28)16-6-2-1-3-7-16/h1-3,6-9,14,20H,4-5,10-13,15H2,(H,24,27)/t20-/m0/s1. The van der Waals surface area contributed by atoms with Gasteiger partial charge in [-0.05, 0) is 42.2 Å². The number of rotatable bonds is 5. The third-order valence-corrected chi connectivity index (χ3v) is 5.50. The lowest BCUT2D eigenvalue weighted by atomic mass is 9.93. The van der Waals surface area contributed by atoms with E-state index in [1.807, 2.05) is 35.2 Å². The summed E-state index contributed by atoms with van der Waals surface area (Å²) in [6, 6.07) is 14.6. The molecule has 6 heteroatoms. The molecule has 1 fully saturated rings. The first-order chi connectivity index (χ1) is 14.1. The molecule has 0 spiro atoms. The van der Waals surface area contributed by atoms with Crippen molar-refractivity contribution in [3.63, 3.8) is 0 Å². The molecule has 2 aliphatic rings. The zero-order chi connectivity index (χ0) is 20.2. The molecule has 2 aliphatic heterocycles. The smallest absolute Gasteiger partial charge is 0.339 e. The second kappa shape index (κ2) is 8.47. The van der Waals surface area contributed by atoms with Gasteiger partial charge in [0.15, 0.2) is 0 Å². The Morgan fingerprint density at radius 3 is 2.59 bits per heavy atom. The molecule has 29 heavy (non-hydrogen) atoms. The highest BCUT2D eigenvalue weighted by Crippen LogP contribution is 2.31. The number of nitrogens with one attached hydrogen (secondary N) is 1. The van der Waals surface area contributed by atoms with E-state index >= 15 is 0 Å². The molecule has 0 aliphatic carbocycles. The molecule has 1 saturated heterocycles. The first kappa shape index (κ1) is 19.2. The molecule has 0 radical (unpaired) electrons. The lowest BCUT2D eigenvalue weighted by molar-refractivity contribution is -0.129. The molecule has 1 atom stereocenters. The number of hydrogen-bond acceptors (Lipinski definition) is 4.